The molecule has 1 aromatic carbocycles. The molecule has 1 aliphatic heterocycles. The lowest BCUT2D eigenvalue weighted by atomic mass is 10.1. The Morgan fingerprint density at radius 2 is 2.24 bits per heavy atom. The maximum atomic E-state index is 12.0. The Hall–Kier alpha value is -1.75. The number of anilines is 1. The minimum atomic E-state index is 0.117. The SMILES string of the molecule is O=C(CC1CC1)Nc1ccccc1-c1cn2c(n1)SCC2. The third-order valence-corrected chi connectivity index (χ3v) is 4.92. The van der Waals surface area contributed by atoms with E-state index in [1.165, 1.54) is 12.8 Å². The van der Waals surface area contributed by atoms with E-state index in [2.05, 4.69) is 21.1 Å². The smallest absolute Gasteiger partial charge is 0.224 e. The van der Waals surface area contributed by atoms with E-state index in [4.69, 9.17) is 0 Å². The molecule has 4 rings (SSSR count). The molecule has 2 heterocycles. The van der Waals surface area contributed by atoms with Crippen LogP contribution in [0.4, 0.5) is 5.69 Å². The van der Waals surface area contributed by atoms with E-state index >= 15 is 0 Å². The van der Waals surface area contributed by atoms with Crippen LogP contribution in [-0.2, 0) is 11.3 Å². The molecule has 1 fully saturated rings. The first-order valence-electron chi connectivity index (χ1n) is 7.39. The highest BCUT2D eigenvalue weighted by molar-refractivity contribution is 7.99. The molecule has 0 atom stereocenters. The van der Waals surface area contributed by atoms with Crippen LogP contribution in [0.5, 0.6) is 0 Å². The summed E-state index contributed by atoms with van der Waals surface area (Å²) < 4.78 is 2.18. The molecule has 2 aliphatic rings. The predicted molar refractivity (Wildman–Crippen MR) is 84.4 cm³/mol. The van der Waals surface area contributed by atoms with E-state index in [0.717, 1.165) is 34.4 Å². The lowest BCUT2D eigenvalue weighted by Crippen LogP contribution is -2.12. The molecule has 2 aromatic rings. The summed E-state index contributed by atoms with van der Waals surface area (Å²) >= 11 is 1.78. The molecule has 1 N–H and O–H groups in total. The maximum absolute atomic E-state index is 12.0. The Bertz CT molecular complexity index is 669. The van der Waals surface area contributed by atoms with Gasteiger partial charge in [-0.3, -0.25) is 4.79 Å². The van der Waals surface area contributed by atoms with Crippen molar-refractivity contribution in [3.8, 4) is 11.3 Å². The monoisotopic (exact) mass is 299 g/mol. The number of thioether (sulfide) groups is 1. The Labute approximate surface area is 128 Å². The fraction of sp³-hybridized carbons (Fsp3) is 0.375. The Morgan fingerprint density at radius 1 is 1.38 bits per heavy atom. The van der Waals surface area contributed by atoms with Gasteiger partial charge in [0.2, 0.25) is 5.91 Å². The zero-order chi connectivity index (χ0) is 14.2. The topological polar surface area (TPSA) is 46.9 Å². The molecule has 0 spiro atoms. The van der Waals surface area contributed by atoms with Gasteiger partial charge in [0.25, 0.3) is 0 Å². The molecule has 21 heavy (non-hydrogen) atoms. The largest absolute Gasteiger partial charge is 0.325 e. The van der Waals surface area contributed by atoms with Gasteiger partial charge in [-0.05, 0) is 24.8 Å². The third-order valence-electron chi connectivity index (χ3n) is 3.95. The number of aromatic nitrogens is 2. The molecule has 1 aliphatic carbocycles. The lowest BCUT2D eigenvalue weighted by molar-refractivity contribution is -0.116. The molecule has 0 radical (unpaired) electrons. The fourth-order valence-electron chi connectivity index (χ4n) is 2.64. The van der Waals surface area contributed by atoms with Crippen LogP contribution >= 0.6 is 11.8 Å². The van der Waals surface area contributed by atoms with Gasteiger partial charge in [0.1, 0.15) is 0 Å². The Morgan fingerprint density at radius 3 is 3.05 bits per heavy atom. The van der Waals surface area contributed by atoms with Crippen LogP contribution in [0.1, 0.15) is 19.3 Å². The lowest BCUT2D eigenvalue weighted by Gasteiger charge is -2.09. The van der Waals surface area contributed by atoms with Crippen molar-refractivity contribution in [3.05, 3.63) is 30.5 Å². The minimum absolute atomic E-state index is 0.117. The van der Waals surface area contributed by atoms with Crippen LogP contribution in [-0.4, -0.2) is 21.2 Å². The van der Waals surface area contributed by atoms with Crippen molar-refractivity contribution in [1.29, 1.82) is 0 Å². The number of carbonyl (C=O) groups excluding carboxylic acids is 1. The van der Waals surface area contributed by atoms with Crippen LogP contribution in [0.25, 0.3) is 11.3 Å². The molecule has 4 nitrogen and oxygen atoms in total. The van der Waals surface area contributed by atoms with E-state index in [9.17, 15) is 4.79 Å². The second kappa shape index (κ2) is 5.22. The average molecular weight is 299 g/mol. The quantitative estimate of drug-likeness (QED) is 0.941. The number of benzene rings is 1. The number of para-hydroxylation sites is 1. The third kappa shape index (κ3) is 2.70. The molecule has 0 bridgehead atoms. The number of aryl methyl sites for hydroxylation is 1. The van der Waals surface area contributed by atoms with E-state index in [1.54, 1.807) is 11.8 Å². The fourth-order valence-corrected chi connectivity index (χ4v) is 3.58. The number of carbonyl (C=O) groups is 1. The van der Waals surface area contributed by atoms with Crippen LogP contribution in [0.2, 0.25) is 0 Å². The van der Waals surface area contributed by atoms with Gasteiger partial charge in [0.05, 0.1) is 11.4 Å². The number of nitrogens with zero attached hydrogens (tertiary/aromatic N) is 2. The summed E-state index contributed by atoms with van der Waals surface area (Å²) in [6, 6.07) is 7.92. The predicted octanol–water partition coefficient (Wildman–Crippen LogP) is 3.39. The Balaban J connectivity index is 1.60. The molecule has 1 saturated carbocycles. The number of nitrogens with one attached hydrogen (secondary N) is 1. The molecule has 1 aromatic heterocycles. The van der Waals surface area contributed by atoms with Crippen LogP contribution in [0.3, 0.4) is 0 Å². The van der Waals surface area contributed by atoms with E-state index in [1.807, 2.05) is 24.3 Å². The van der Waals surface area contributed by atoms with Crippen molar-refractivity contribution >= 4 is 23.4 Å². The van der Waals surface area contributed by atoms with Gasteiger partial charge in [-0.25, -0.2) is 4.98 Å². The summed E-state index contributed by atoms with van der Waals surface area (Å²) in [4.78, 5) is 16.7. The van der Waals surface area contributed by atoms with E-state index < -0.39 is 0 Å². The molecule has 0 saturated heterocycles. The van der Waals surface area contributed by atoms with Crippen LogP contribution in [0, 0.1) is 5.92 Å². The van der Waals surface area contributed by atoms with E-state index in [-0.39, 0.29) is 5.91 Å². The second-order valence-electron chi connectivity index (χ2n) is 5.69. The number of hydrogen-bond acceptors (Lipinski definition) is 3. The highest BCUT2D eigenvalue weighted by Crippen LogP contribution is 2.34. The van der Waals surface area contributed by atoms with Gasteiger partial charge < -0.3 is 9.88 Å². The normalized spacial score (nSPS) is 16.8. The minimum Gasteiger partial charge on any atom is -0.325 e. The van der Waals surface area contributed by atoms with Crippen molar-refractivity contribution in [2.75, 3.05) is 11.1 Å². The number of rotatable bonds is 4. The van der Waals surface area contributed by atoms with Crippen molar-refractivity contribution in [1.82, 2.24) is 9.55 Å². The molecule has 5 heteroatoms. The second-order valence-corrected chi connectivity index (χ2v) is 6.75. The number of fused-ring (bicyclic) bond motifs is 1. The molecule has 108 valence electrons. The van der Waals surface area contributed by atoms with Gasteiger partial charge in [0.15, 0.2) is 5.16 Å². The highest BCUT2D eigenvalue weighted by atomic mass is 32.2. The summed E-state index contributed by atoms with van der Waals surface area (Å²) in [5, 5.41) is 4.12. The van der Waals surface area contributed by atoms with Gasteiger partial charge in [-0.15, -0.1) is 0 Å². The molecular weight excluding hydrogens is 282 g/mol. The van der Waals surface area contributed by atoms with Gasteiger partial charge in [-0.2, -0.15) is 0 Å². The van der Waals surface area contributed by atoms with Crippen molar-refractivity contribution in [2.24, 2.45) is 5.92 Å². The summed E-state index contributed by atoms with van der Waals surface area (Å²) in [5.74, 6) is 1.82. The first-order valence-corrected chi connectivity index (χ1v) is 8.37. The first-order chi connectivity index (χ1) is 10.3. The highest BCUT2D eigenvalue weighted by Gasteiger charge is 2.25. The van der Waals surface area contributed by atoms with Gasteiger partial charge >= 0.3 is 0 Å². The average Bonchev–Trinajstić information content (AvgIpc) is 3.01. The van der Waals surface area contributed by atoms with Gasteiger partial charge in [0, 0.05) is 30.5 Å². The summed E-state index contributed by atoms with van der Waals surface area (Å²) in [7, 11) is 0. The van der Waals surface area contributed by atoms with Crippen molar-refractivity contribution in [3.63, 3.8) is 0 Å². The summed E-state index contributed by atoms with van der Waals surface area (Å²) in [6.07, 6.45) is 5.12. The first kappa shape index (κ1) is 13.0. The maximum Gasteiger partial charge on any atom is 0.224 e. The summed E-state index contributed by atoms with van der Waals surface area (Å²) in [5.41, 5.74) is 2.81. The van der Waals surface area contributed by atoms with Crippen LogP contribution in [0.15, 0.2) is 35.6 Å². The Kier molecular flexibility index (Phi) is 3.22. The summed E-state index contributed by atoms with van der Waals surface area (Å²) in [6.45, 7) is 1.02. The number of hydrogen-bond donors (Lipinski definition) is 1. The molecule has 1 amide bonds. The molecule has 0 unspecified atom stereocenters. The van der Waals surface area contributed by atoms with Crippen molar-refractivity contribution < 1.29 is 4.79 Å². The number of amides is 1. The van der Waals surface area contributed by atoms with E-state index in [0.29, 0.717) is 12.3 Å². The number of imidazole rings is 1. The van der Waals surface area contributed by atoms with Crippen molar-refractivity contribution in [2.45, 2.75) is 31.0 Å². The zero-order valence-electron chi connectivity index (χ0n) is 11.7. The van der Waals surface area contributed by atoms with Crippen LogP contribution < -0.4 is 5.32 Å². The molecular formula is C16H17N3OS. The van der Waals surface area contributed by atoms with Gasteiger partial charge in [-0.1, -0.05) is 30.0 Å². The zero-order valence-corrected chi connectivity index (χ0v) is 12.5. The standard InChI is InChI=1S/C16H17N3OS/c20-15(9-11-5-6-11)17-13-4-2-1-3-12(13)14-10-19-7-8-21-16(19)18-14/h1-4,10-11H,5-9H2,(H,17,20).